The molecule has 0 aliphatic rings. The normalized spacial score (nSPS) is 8.33. The Labute approximate surface area is 44.9 Å². The van der Waals surface area contributed by atoms with E-state index >= 15 is 0 Å². The molecule has 0 spiro atoms. The number of halogens is 1. The minimum absolute atomic E-state index is 0.403. The van der Waals surface area contributed by atoms with Gasteiger partial charge >= 0.3 is 0 Å². The predicted molar refractivity (Wildman–Crippen MR) is 27.9 cm³/mol. The fourth-order valence-corrected chi connectivity index (χ4v) is 0.211. The molecule has 36 valence electrons. The fraction of sp³-hybridized carbons (Fsp3) is 0.333. The van der Waals surface area contributed by atoms with Gasteiger partial charge in [0.25, 0.3) is 0 Å². The van der Waals surface area contributed by atoms with Crippen molar-refractivity contribution in [2.45, 2.75) is 0 Å². The quantitative estimate of drug-likeness (QED) is 0.575. The van der Waals surface area contributed by atoms with Crippen LogP contribution in [0.1, 0.15) is 0 Å². The van der Waals surface area contributed by atoms with E-state index in [1.807, 2.05) is 5.48 Å². The van der Waals surface area contributed by atoms with Crippen LogP contribution in [-0.2, 0) is 0 Å². The highest BCUT2D eigenvalue weighted by molar-refractivity contribution is 9.11. The molecule has 2 N–H and O–H groups in total. The number of hydroxylamine groups is 1. The molecule has 3 heteroatoms. The van der Waals surface area contributed by atoms with Gasteiger partial charge in [0.15, 0.2) is 0 Å². The van der Waals surface area contributed by atoms with Crippen LogP contribution in [0.4, 0.5) is 0 Å². The third-order valence-electron chi connectivity index (χ3n) is 0.271. The Morgan fingerprint density at radius 3 is 2.50 bits per heavy atom. The SMILES string of the molecule is C=C(Br)CNO. The van der Waals surface area contributed by atoms with Crippen molar-refractivity contribution >= 4 is 15.9 Å². The smallest absolute Gasteiger partial charge is 0.0518 e. The highest BCUT2D eigenvalue weighted by Crippen LogP contribution is 1.94. The number of hydrogen-bond acceptors (Lipinski definition) is 2. The molecular formula is C3H6BrNO. The van der Waals surface area contributed by atoms with Gasteiger partial charge in [0, 0.05) is 4.48 Å². The molecule has 0 unspecified atom stereocenters. The largest absolute Gasteiger partial charge is 0.316 e. The zero-order valence-electron chi connectivity index (χ0n) is 3.24. The molecule has 0 aromatic carbocycles. The average molecular weight is 152 g/mol. The molecular weight excluding hydrogens is 146 g/mol. The Hall–Kier alpha value is 0.140. The number of nitrogens with one attached hydrogen (secondary N) is 1. The summed E-state index contributed by atoms with van der Waals surface area (Å²) in [5.41, 5.74) is 1.92. The maximum atomic E-state index is 7.90. The Morgan fingerprint density at radius 2 is 2.50 bits per heavy atom. The van der Waals surface area contributed by atoms with Crippen LogP contribution in [-0.4, -0.2) is 11.8 Å². The Balaban J connectivity index is 2.83. The molecule has 0 fully saturated rings. The van der Waals surface area contributed by atoms with Gasteiger partial charge in [-0.05, 0) is 0 Å². The summed E-state index contributed by atoms with van der Waals surface area (Å²) < 4.78 is 0.741. The first-order chi connectivity index (χ1) is 2.77. The van der Waals surface area contributed by atoms with E-state index in [4.69, 9.17) is 5.21 Å². The number of rotatable bonds is 2. The zero-order valence-corrected chi connectivity index (χ0v) is 4.83. The van der Waals surface area contributed by atoms with Gasteiger partial charge in [0.05, 0.1) is 6.54 Å². The van der Waals surface area contributed by atoms with Crippen LogP contribution < -0.4 is 5.48 Å². The Morgan fingerprint density at radius 1 is 2.00 bits per heavy atom. The minimum Gasteiger partial charge on any atom is -0.316 e. The van der Waals surface area contributed by atoms with Crippen LogP contribution in [0.2, 0.25) is 0 Å². The highest BCUT2D eigenvalue weighted by Gasteiger charge is 1.77. The summed E-state index contributed by atoms with van der Waals surface area (Å²) in [5, 5.41) is 7.90. The molecule has 6 heavy (non-hydrogen) atoms. The van der Waals surface area contributed by atoms with E-state index in [1.165, 1.54) is 0 Å². The average Bonchev–Trinajstić information content (AvgIpc) is 1.35. The molecule has 0 bridgehead atoms. The lowest BCUT2D eigenvalue weighted by Gasteiger charge is -1.87. The lowest BCUT2D eigenvalue weighted by Crippen LogP contribution is -2.07. The maximum absolute atomic E-state index is 7.90. The van der Waals surface area contributed by atoms with Crippen LogP contribution in [0.3, 0.4) is 0 Å². The second-order valence-corrected chi connectivity index (χ2v) is 1.97. The molecule has 0 aromatic heterocycles. The zero-order chi connectivity index (χ0) is 4.99. The van der Waals surface area contributed by atoms with Crippen molar-refractivity contribution < 1.29 is 5.21 Å². The van der Waals surface area contributed by atoms with Crippen molar-refractivity contribution in [3.8, 4) is 0 Å². The van der Waals surface area contributed by atoms with Crippen LogP contribution >= 0.6 is 15.9 Å². The Bertz CT molecular complexity index is 54.8. The van der Waals surface area contributed by atoms with Gasteiger partial charge in [-0.3, -0.25) is 0 Å². The van der Waals surface area contributed by atoms with E-state index in [1.54, 1.807) is 0 Å². The van der Waals surface area contributed by atoms with Crippen molar-refractivity contribution in [3.63, 3.8) is 0 Å². The first-order valence-electron chi connectivity index (χ1n) is 1.47. The van der Waals surface area contributed by atoms with E-state index in [2.05, 4.69) is 22.5 Å². The molecule has 0 radical (unpaired) electrons. The van der Waals surface area contributed by atoms with E-state index in [0.717, 1.165) is 4.48 Å². The van der Waals surface area contributed by atoms with E-state index in [0.29, 0.717) is 6.54 Å². The second-order valence-electron chi connectivity index (χ2n) is 0.852. The van der Waals surface area contributed by atoms with Gasteiger partial charge in [-0.1, -0.05) is 22.5 Å². The van der Waals surface area contributed by atoms with Crippen molar-refractivity contribution in [1.29, 1.82) is 0 Å². The summed E-state index contributed by atoms with van der Waals surface area (Å²) >= 11 is 3.02. The minimum atomic E-state index is 0.403. The summed E-state index contributed by atoms with van der Waals surface area (Å²) in [4.78, 5) is 0. The van der Waals surface area contributed by atoms with Crippen LogP contribution in [0, 0.1) is 0 Å². The summed E-state index contributed by atoms with van der Waals surface area (Å²) in [6.45, 7) is 3.84. The van der Waals surface area contributed by atoms with Gasteiger partial charge in [0.1, 0.15) is 0 Å². The van der Waals surface area contributed by atoms with Gasteiger partial charge in [0.2, 0.25) is 0 Å². The fourth-order valence-electron chi connectivity index (χ4n) is 0.0858. The van der Waals surface area contributed by atoms with E-state index < -0.39 is 0 Å². The summed E-state index contributed by atoms with van der Waals surface area (Å²) in [7, 11) is 0. The van der Waals surface area contributed by atoms with Crippen molar-refractivity contribution in [2.75, 3.05) is 6.54 Å². The standard InChI is InChI=1S/C3H6BrNO/c1-3(4)2-5-6/h5-6H,1-2H2. The monoisotopic (exact) mass is 151 g/mol. The molecule has 2 nitrogen and oxygen atoms in total. The third-order valence-corrected chi connectivity index (χ3v) is 0.551. The van der Waals surface area contributed by atoms with Gasteiger partial charge in [-0.15, -0.1) is 0 Å². The maximum Gasteiger partial charge on any atom is 0.0518 e. The molecule has 0 aliphatic heterocycles. The molecule has 0 atom stereocenters. The molecule has 0 saturated heterocycles. The first kappa shape index (κ1) is 6.14. The van der Waals surface area contributed by atoms with Crippen molar-refractivity contribution in [2.24, 2.45) is 0 Å². The van der Waals surface area contributed by atoms with Crippen LogP contribution in [0.15, 0.2) is 11.1 Å². The topological polar surface area (TPSA) is 32.3 Å². The van der Waals surface area contributed by atoms with Crippen LogP contribution in [0.5, 0.6) is 0 Å². The molecule has 0 amide bonds. The third kappa shape index (κ3) is 4.14. The Kier molecular flexibility index (Phi) is 3.41. The first-order valence-corrected chi connectivity index (χ1v) is 2.27. The summed E-state index contributed by atoms with van der Waals surface area (Å²) in [6.07, 6.45) is 0. The second kappa shape index (κ2) is 3.33. The lowest BCUT2D eigenvalue weighted by molar-refractivity contribution is 0.179. The van der Waals surface area contributed by atoms with E-state index in [9.17, 15) is 0 Å². The molecule has 0 heterocycles. The van der Waals surface area contributed by atoms with E-state index in [-0.39, 0.29) is 0 Å². The predicted octanol–water partition coefficient (Wildman–Crippen LogP) is 0.874. The van der Waals surface area contributed by atoms with Gasteiger partial charge < -0.3 is 5.21 Å². The highest BCUT2D eigenvalue weighted by atomic mass is 79.9. The number of hydrogen-bond donors (Lipinski definition) is 2. The summed E-state index contributed by atoms with van der Waals surface area (Å²) in [6, 6.07) is 0. The van der Waals surface area contributed by atoms with Crippen molar-refractivity contribution in [1.82, 2.24) is 5.48 Å². The summed E-state index contributed by atoms with van der Waals surface area (Å²) in [5.74, 6) is 0. The lowest BCUT2D eigenvalue weighted by atomic mass is 10.7. The van der Waals surface area contributed by atoms with Gasteiger partial charge in [-0.2, -0.15) is 0 Å². The van der Waals surface area contributed by atoms with Crippen molar-refractivity contribution in [3.05, 3.63) is 11.1 Å². The molecule has 0 saturated carbocycles. The molecule has 0 aliphatic carbocycles. The van der Waals surface area contributed by atoms with Crippen LogP contribution in [0.25, 0.3) is 0 Å². The molecule has 0 rings (SSSR count). The van der Waals surface area contributed by atoms with Gasteiger partial charge in [-0.25, -0.2) is 5.48 Å². The molecule has 0 aromatic rings.